The fourth-order valence-corrected chi connectivity index (χ4v) is 3.80. The summed E-state index contributed by atoms with van der Waals surface area (Å²) in [7, 11) is 0. The van der Waals surface area contributed by atoms with Gasteiger partial charge in [0, 0.05) is 19.1 Å². The molecule has 0 spiro atoms. The number of benzene rings is 2. The first-order valence-electron chi connectivity index (χ1n) is 9.57. The van der Waals surface area contributed by atoms with E-state index in [4.69, 9.17) is 22.1 Å². The molecule has 2 aromatic carbocycles. The fourth-order valence-electron chi connectivity index (χ4n) is 3.56. The first-order chi connectivity index (χ1) is 14.7. The average Bonchev–Trinajstić information content (AvgIpc) is 2.72. The van der Waals surface area contributed by atoms with Crippen molar-refractivity contribution in [1.29, 1.82) is 0 Å². The number of ether oxygens (including phenoxy) is 1. The second-order valence-electron chi connectivity index (χ2n) is 7.41. The van der Waals surface area contributed by atoms with E-state index in [0.29, 0.717) is 18.8 Å². The number of piperazine rings is 1. The first kappa shape index (κ1) is 22.6. The van der Waals surface area contributed by atoms with Gasteiger partial charge in [0.1, 0.15) is 29.2 Å². The highest BCUT2D eigenvalue weighted by Gasteiger charge is 2.34. The third-order valence-electron chi connectivity index (χ3n) is 5.32. The molecule has 2 N–H and O–H groups in total. The molecule has 2 atom stereocenters. The Morgan fingerprint density at radius 2 is 2.00 bits per heavy atom. The Bertz CT molecular complexity index is 1030. The highest BCUT2D eigenvalue weighted by atomic mass is 35.5. The molecule has 1 aliphatic rings. The number of nitro groups is 1. The number of nitrogen functional groups attached to an aromatic ring is 1. The number of nitrogens with zero attached hydrogens (tertiary/aromatic N) is 3. The van der Waals surface area contributed by atoms with E-state index in [-0.39, 0.29) is 46.8 Å². The largest absolute Gasteiger partial charge is 0.476 e. The lowest BCUT2D eigenvalue weighted by atomic mass is 10.0. The van der Waals surface area contributed by atoms with Crippen LogP contribution in [-0.2, 0) is 11.3 Å². The maximum atomic E-state index is 13.2. The molecule has 2 aromatic rings. The van der Waals surface area contributed by atoms with E-state index in [0.717, 1.165) is 5.56 Å². The Morgan fingerprint density at radius 3 is 2.61 bits per heavy atom. The van der Waals surface area contributed by atoms with Crippen LogP contribution in [0.3, 0.4) is 0 Å². The van der Waals surface area contributed by atoms with Crippen molar-refractivity contribution in [2.75, 3.05) is 19.0 Å². The zero-order valence-corrected chi connectivity index (χ0v) is 17.8. The van der Waals surface area contributed by atoms with Gasteiger partial charge in [0.2, 0.25) is 0 Å². The number of hydrogen-bond donors (Lipinski definition) is 1. The molecule has 1 fully saturated rings. The monoisotopic (exact) mass is 448 g/mol. The summed E-state index contributed by atoms with van der Waals surface area (Å²) in [5.41, 5.74) is 7.08. The zero-order chi connectivity index (χ0) is 22.7. The van der Waals surface area contributed by atoms with Crippen LogP contribution in [0.2, 0.25) is 5.02 Å². The van der Waals surface area contributed by atoms with Gasteiger partial charge in [0.25, 0.3) is 5.69 Å². The Kier molecular flexibility index (Phi) is 6.80. The maximum Gasteiger partial charge on any atom is 0.291 e. The highest BCUT2D eigenvalue weighted by molar-refractivity contribution is 6.33. The Morgan fingerprint density at radius 1 is 1.32 bits per heavy atom. The minimum Gasteiger partial charge on any atom is -0.476 e. The van der Waals surface area contributed by atoms with Gasteiger partial charge in [-0.15, -0.1) is 0 Å². The number of hydrogen-bond acceptors (Lipinski definition) is 7. The number of nitrogens with two attached hydrogens (primary N) is 1. The van der Waals surface area contributed by atoms with Gasteiger partial charge in [-0.25, -0.2) is 9.18 Å². The van der Waals surface area contributed by atoms with E-state index < -0.39 is 4.92 Å². The smallest absolute Gasteiger partial charge is 0.291 e. The fraction of sp³-hybridized carbons (Fsp3) is 0.333. The first-order valence-corrected chi connectivity index (χ1v) is 9.95. The van der Waals surface area contributed by atoms with E-state index in [1.54, 1.807) is 12.1 Å². The minimum atomic E-state index is -0.610. The van der Waals surface area contributed by atoms with E-state index >= 15 is 0 Å². The molecule has 164 valence electrons. The summed E-state index contributed by atoms with van der Waals surface area (Å²) < 4.78 is 18.9. The second kappa shape index (κ2) is 9.34. The molecule has 1 aliphatic heterocycles. The van der Waals surface area contributed by atoms with Crippen LogP contribution in [0.25, 0.3) is 0 Å². The lowest BCUT2D eigenvalue weighted by Gasteiger charge is -2.45. The van der Waals surface area contributed by atoms with Crippen LogP contribution < -0.4 is 10.5 Å². The van der Waals surface area contributed by atoms with E-state index in [2.05, 4.69) is 0 Å². The molecular weight excluding hydrogens is 427 g/mol. The normalized spacial score (nSPS) is 19.2. The predicted octanol–water partition coefficient (Wildman–Crippen LogP) is 3.62. The van der Waals surface area contributed by atoms with Crippen molar-refractivity contribution in [3.05, 3.63) is 68.6 Å². The van der Waals surface area contributed by atoms with Crippen LogP contribution >= 0.6 is 11.6 Å². The van der Waals surface area contributed by atoms with Crippen molar-refractivity contribution < 1.29 is 18.8 Å². The van der Waals surface area contributed by atoms with Crippen molar-refractivity contribution >= 4 is 28.9 Å². The third kappa shape index (κ3) is 4.96. The molecule has 0 radical (unpaired) electrons. The van der Waals surface area contributed by atoms with Crippen molar-refractivity contribution in [1.82, 2.24) is 9.80 Å². The van der Waals surface area contributed by atoms with E-state index in [9.17, 15) is 19.3 Å². The van der Waals surface area contributed by atoms with Gasteiger partial charge in [-0.2, -0.15) is 0 Å². The third-order valence-corrected chi connectivity index (χ3v) is 5.62. The van der Waals surface area contributed by atoms with Crippen molar-refractivity contribution in [2.45, 2.75) is 32.5 Å². The SMILES string of the molecule is C[C@@H]1CN(COc2cc([N+](=O)[O-])c(Cl)cc2N)[C@@H](C)C(=C=O)N1Cc1ccc(F)cc1. The van der Waals surface area contributed by atoms with E-state index in [1.165, 1.54) is 24.3 Å². The molecule has 0 amide bonds. The van der Waals surface area contributed by atoms with Gasteiger partial charge >= 0.3 is 0 Å². The Hall–Kier alpha value is -3.13. The summed E-state index contributed by atoms with van der Waals surface area (Å²) in [6.07, 6.45) is 0. The highest BCUT2D eigenvalue weighted by Crippen LogP contribution is 2.34. The van der Waals surface area contributed by atoms with Crippen LogP contribution in [0.4, 0.5) is 15.8 Å². The van der Waals surface area contributed by atoms with Crippen LogP contribution in [0.5, 0.6) is 5.75 Å². The van der Waals surface area contributed by atoms with Crippen molar-refractivity contribution in [3.63, 3.8) is 0 Å². The average molecular weight is 449 g/mol. The molecule has 10 heteroatoms. The summed E-state index contributed by atoms with van der Waals surface area (Å²) in [4.78, 5) is 26.1. The summed E-state index contributed by atoms with van der Waals surface area (Å²) in [6, 6.07) is 8.21. The number of anilines is 1. The summed E-state index contributed by atoms with van der Waals surface area (Å²) in [5.74, 6) is 1.85. The van der Waals surface area contributed by atoms with Gasteiger partial charge in [-0.05, 0) is 37.6 Å². The van der Waals surface area contributed by atoms with Crippen LogP contribution in [-0.4, -0.2) is 46.0 Å². The quantitative estimate of drug-likeness (QED) is 0.311. The molecule has 0 bridgehead atoms. The lowest BCUT2D eigenvalue weighted by molar-refractivity contribution is -0.384. The molecular formula is C21H22ClFN4O4. The van der Waals surface area contributed by atoms with Crippen LogP contribution in [0.15, 0.2) is 42.1 Å². The summed E-state index contributed by atoms with van der Waals surface area (Å²) in [6.45, 7) is 4.87. The number of carbonyl (C=O) groups excluding carboxylic acids is 1. The molecule has 0 saturated carbocycles. The molecule has 1 saturated heterocycles. The molecule has 3 rings (SSSR count). The molecule has 0 aliphatic carbocycles. The van der Waals surface area contributed by atoms with Gasteiger partial charge in [0.05, 0.1) is 22.7 Å². The van der Waals surface area contributed by atoms with Crippen LogP contribution in [0.1, 0.15) is 19.4 Å². The number of rotatable bonds is 6. The summed E-state index contributed by atoms with van der Waals surface area (Å²) >= 11 is 5.86. The van der Waals surface area contributed by atoms with Crippen molar-refractivity contribution in [3.8, 4) is 5.75 Å². The molecule has 0 unspecified atom stereocenters. The van der Waals surface area contributed by atoms with Crippen LogP contribution in [0, 0.1) is 15.9 Å². The summed E-state index contributed by atoms with van der Waals surface area (Å²) in [5, 5.41) is 11.0. The Balaban J connectivity index is 1.74. The zero-order valence-electron chi connectivity index (χ0n) is 17.0. The minimum absolute atomic E-state index is 0.0572. The number of halogens is 2. The molecule has 1 heterocycles. The standard InChI is InChI=1S/C21H22ClFN4O4/c1-13-9-25(12-31-21-8-19(27(29)30)17(22)7-18(21)24)14(2)20(11-28)26(13)10-15-3-5-16(23)6-4-15/h3-8,13-14H,9-10,12,24H2,1-2H3/t13-,14+/m1/s1. The van der Waals surface area contributed by atoms with Gasteiger partial charge < -0.3 is 15.4 Å². The molecule has 8 nitrogen and oxygen atoms in total. The Labute approximate surface area is 183 Å². The molecule has 0 aromatic heterocycles. The maximum absolute atomic E-state index is 13.2. The number of nitro benzene ring substituents is 1. The van der Waals surface area contributed by atoms with Crippen molar-refractivity contribution in [2.24, 2.45) is 0 Å². The topological polar surface area (TPSA) is 102 Å². The van der Waals surface area contributed by atoms with Gasteiger partial charge in [0.15, 0.2) is 5.75 Å². The predicted molar refractivity (Wildman–Crippen MR) is 115 cm³/mol. The van der Waals surface area contributed by atoms with Gasteiger partial charge in [-0.1, -0.05) is 23.7 Å². The molecule has 31 heavy (non-hydrogen) atoms. The van der Waals surface area contributed by atoms with E-state index in [1.807, 2.05) is 29.6 Å². The van der Waals surface area contributed by atoms with Gasteiger partial charge in [-0.3, -0.25) is 15.0 Å². The lowest BCUT2D eigenvalue weighted by Crippen LogP contribution is -2.55. The second-order valence-corrected chi connectivity index (χ2v) is 7.82.